The summed E-state index contributed by atoms with van der Waals surface area (Å²) in [6.45, 7) is 1.58. The molecule has 1 amide bonds. The van der Waals surface area contributed by atoms with Gasteiger partial charge in [0, 0.05) is 18.2 Å². The lowest BCUT2D eigenvalue weighted by Crippen LogP contribution is -2.15. The second kappa shape index (κ2) is 6.12. The molecule has 3 aromatic carbocycles. The molecule has 0 aromatic heterocycles. The molecule has 0 unspecified atom stereocenters. The van der Waals surface area contributed by atoms with Crippen LogP contribution in [0, 0.1) is 0 Å². The second-order valence-corrected chi connectivity index (χ2v) is 6.58. The Kier molecular flexibility index (Phi) is 3.81. The van der Waals surface area contributed by atoms with Crippen molar-refractivity contribution >= 4 is 22.4 Å². The van der Waals surface area contributed by atoms with E-state index in [9.17, 15) is 4.79 Å². The highest BCUT2D eigenvalue weighted by molar-refractivity contribution is 6.03. The highest BCUT2D eigenvalue weighted by Gasteiger charge is 2.24. The highest BCUT2D eigenvalue weighted by atomic mass is 16.1. The topological polar surface area (TPSA) is 29.1 Å². The molecule has 24 heavy (non-hydrogen) atoms. The molecular weight excluding hydrogens is 294 g/mol. The summed E-state index contributed by atoms with van der Waals surface area (Å²) in [7, 11) is 0. The molecule has 1 N–H and O–H groups in total. The Labute approximate surface area is 142 Å². The van der Waals surface area contributed by atoms with E-state index in [1.165, 1.54) is 23.1 Å². The summed E-state index contributed by atoms with van der Waals surface area (Å²) in [5.41, 5.74) is 5.06. The fraction of sp³-hybridized carbons (Fsp3) is 0.227. The standard InChI is InChI=1S/C22H21NO/c1-15(24)23-22-19-11-5-3-8-17(19)13-14-21(22)20-12-6-9-16-7-2-4-10-18(16)20/h2-5,7-8,10-11,13-14,20H,6,9,12H2,1H3,(H,23,24)/t20-/m0/s1. The Bertz CT molecular complexity index is 913. The van der Waals surface area contributed by atoms with Crippen molar-refractivity contribution in [3.05, 3.63) is 77.4 Å². The predicted molar refractivity (Wildman–Crippen MR) is 99.5 cm³/mol. The van der Waals surface area contributed by atoms with Gasteiger partial charge in [-0.15, -0.1) is 0 Å². The largest absolute Gasteiger partial charge is 0.325 e. The molecule has 0 bridgehead atoms. The van der Waals surface area contributed by atoms with Crippen LogP contribution in [0.1, 0.15) is 42.4 Å². The van der Waals surface area contributed by atoms with Crippen LogP contribution in [0.3, 0.4) is 0 Å². The van der Waals surface area contributed by atoms with Crippen LogP contribution >= 0.6 is 0 Å². The number of nitrogens with one attached hydrogen (secondary N) is 1. The number of rotatable bonds is 2. The molecule has 1 aliphatic carbocycles. The number of benzene rings is 3. The Morgan fingerprint density at radius 2 is 1.75 bits per heavy atom. The molecule has 0 saturated heterocycles. The molecule has 0 spiro atoms. The lowest BCUT2D eigenvalue weighted by atomic mass is 9.78. The number of anilines is 1. The molecule has 4 rings (SSSR count). The Balaban J connectivity index is 1.92. The first-order valence-electron chi connectivity index (χ1n) is 8.61. The normalized spacial score (nSPS) is 16.6. The molecule has 0 radical (unpaired) electrons. The third-order valence-electron chi connectivity index (χ3n) is 5.01. The van der Waals surface area contributed by atoms with Crippen LogP contribution in [0.25, 0.3) is 10.8 Å². The molecule has 2 heteroatoms. The van der Waals surface area contributed by atoms with Crippen LogP contribution in [0.2, 0.25) is 0 Å². The Morgan fingerprint density at radius 3 is 2.62 bits per heavy atom. The quantitative estimate of drug-likeness (QED) is 0.686. The summed E-state index contributed by atoms with van der Waals surface area (Å²) < 4.78 is 0. The zero-order valence-corrected chi connectivity index (χ0v) is 13.9. The molecule has 0 fully saturated rings. The van der Waals surface area contributed by atoms with E-state index in [0.717, 1.165) is 29.3 Å². The molecular formula is C22H21NO. The maximum absolute atomic E-state index is 11.8. The van der Waals surface area contributed by atoms with Gasteiger partial charge in [-0.3, -0.25) is 4.79 Å². The Morgan fingerprint density at radius 1 is 0.958 bits per heavy atom. The molecule has 120 valence electrons. The lowest BCUT2D eigenvalue weighted by molar-refractivity contribution is -0.114. The van der Waals surface area contributed by atoms with Crippen LogP contribution in [0.5, 0.6) is 0 Å². The first-order valence-corrected chi connectivity index (χ1v) is 8.61. The molecule has 1 atom stereocenters. The number of aryl methyl sites for hydroxylation is 1. The van der Waals surface area contributed by atoms with E-state index in [1.807, 2.05) is 12.1 Å². The minimum Gasteiger partial charge on any atom is -0.325 e. The number of carbonyl (C=O) groups excluding carboxylic acids is 1. The van der Waals surface area contributed by atoms with Gasteiger partial charge in [0.1, 0.15) is 0 Å². The van der Waals surface area contributed by atoms with Gasteiger partial charge in [-0.1, -0.05) is 60.7 Å². The monoisotopic (exact) mass is 315 g/mol. The summed E-state index contributed by atoms with van der Waals surface area (Å²) in [5.74, 6) is 0.332. The maximum Gasteiger partial charge on any atom is 0.221 e. The van der Waals surface area contributed by atoms with Crippen LogP contribution in [0.15, 0.2) is 60.7 Å². The predicted octanol–water partition coefficient (Wildman–Crippen LogP) is 5.27. The number of hydrogen-bond acceptors (Lipinski definition) is 1. The van der Waals surface area contributed by atoms with E-state index in [1.54, 1.807) is 6.92 Å². The van der Waals surface area contributed by atoms with Gasteiger partial charge in [0.05, 0.1) is 5.69 Å². The van der Waals surface area contributed by atoms with Crippen molar-refractivity contribution in [2.75, 3.05) is 5.32 Å². The minimum absolute atomic E-state index is 0.0169. The number of hydrogen-bond donors (Lipinski definition) is 1. The number of fused-ring (bicyclic) bond motifs is 2. The summed E-state index contributed by atoms with van der Waals surface area (Å²) in [6, 6.07) is 21.4. The van der Waals surface area contributed by atoms with Crippen molar-refractivity contribution in [1.82, 2.24) is 0 Å². The van der Waals surface area contributed by atoms with E-state index in [0.29, 0.717) is 5.92 Å². The molecule has 2 nitrogen and oxygen atoms in total. The van der Waals surface area contributed by atoms with Gasteiger partial charge < -0.3 is 5.32 Å². The molecule has 0 saturated carbocycles. The summed E-state index contributed by atoms with van der Waals surface area (Å²) in [5, 5.41) is 5.39. The van der Waals surface area contributed by atoms with Gasteiger partial charge >= 0.3 is 0 Å². The smallest absolute Gasteiger partial charge is 0.221 e. The van der Waals surface area contributed by atoms with Crippen LogP contribution in [-0.2, 0) is 11.2 Å². The van der Waals surface area contributed by atoms with Gasteiger partial charge in [0.15, 0.2) is 0 Å². The number of carbonyl (C=O) groups is 1. The molecule has 1 aliphatic rings. The zero-order chi connectivity index (χ0) is 16.5. The second-order valence-electron chi connectivity index (χ2n) is 6.58. The molecule has 3 aromatic rings. The van der Waals surface area contributed by atoms with Crippen molar-refractivity contribution < 1.29 is 4.79 Å². The molecule has 0 aliphatic heterocycles. The fourth-order valence-corrected chi connectivity index (χ4v) is 3.97. The van der Waals surface area contributed by atoms with Gasteiger partial charge in [0.25, 0.3) is 0 Å². The highest BCUT2D eigenvalue weighted by Crippen LogP contribution is 2.42. The van der Waals surface area contributed by atoms with Crippen LogP contribution in [-0.4, -0.2) is 5.91 Å². The van der Waals surface area contributed by atoms with Crippen molar-refractivity contribution in [2.24, 2.45) is 0 Å². The number of amides is 1. The van der Waals surface area contributed by atoms with Crippen molar-refractivity contribution in [3.8, 4) is 0 Å². The van der Waals surface area contributed by atoms with Gasteiger partial charge in [-0.2, -0.15) is 0 Å². The molecule has 0 heterocycles. The summed E-state index contributed by atoms with van der Waals surface area (Å²) in [6.07, 6.45) is 3.46. The van der Waals surface area contributed by atoms with E-state index < -0.39 is 0 Å². The summed E-state index contributed by atoms with van der Waals surface area (Å²) in [4.78, 5) is 11.8. The third kappa shape index (κ3) is 2.58. The maximum atomic E-state index is 11.8. The fourth-order valence-electron chi connectivity index (χ4n) is 3.97. The average molecular weight is 315 g/mol. The van der Waals surface area contributed by atoms with Crippen LogP contribution < -0.4 is 5.32 Å². The van der Waals surface area contributed by atoms with E-state index in [-0.39, 0.29) is 5.91 Å². The summed E-state index contributed by atoms with van der Waals surface area (Å²) >= 11 is 0. The van der Waals surface area contributed by atoms with Gasteiger partial charge in [-0.25, -0.2) is 0 Å². The lowest BCUT2D eigenvalue weighted by Gasteiger charge is -2.28. The van der Waals surface area contributed by atoms with Crippen molar-refractivity contribution in [3.63, 3.8) is 0 Å². The third-order valence-corrected chi connectivity index (χ3v) is 5.01. The van der Waals surface area contributed by atoms with E-state index in [2.05, 4.69) is 53.8 Å². The zero-order valence-electron chi connectivity index (χ0n) is 13.9. The van der Waals surface area contributed by atoms with E-state index in [4.69, 9.17) is 0 Å². The first kappa shape index (κ1) is 14.9. The van der Waals surface area contributed by atoms with Crippen molar-refractivity contribution in [1.29, 1.82) is 0 Å². The SMILES string of the molecule is CC(=O)Nc1c([C@H]2CCCc3ccccc32)ccc2ccccc12. The van der Waals surface area contributed by atoms with Gasteiger partial charge in [-0.05, 0) is 41.3 Å². The van der Waals surface area contributed by atoms with Crippen molar-refractivity contribution in [2.45, 2.75) is 32.1 Å². The van der Waals surface area contributed by atoms with Crippen LogP contribution in [0.4, 0.5) is 5.69 Å². The van der Waals surface area contributed by atoms with Gasteiger partial charge in [0.2, 0.25) is 5.91 Å². The first-order chi connectivity index (χ1) is 11.7. The Hall–Kier alpha value is -2.61. The minimum atomic E-state index is -0.0169. The van der Waals surface area contributed by atoms with E-state index >= 15 is 0 Å². The average Bonchev–Trinajstić information content (AvgIpc) is 2.61.